The Labute approximate surface area is 246 Å². The van der Waals surface area contributed by atoms with Crippen molar-refractivity contribution >= 4 is 40.0 Å². The lowest BCUT2D eigenvalue weighted by atomic mass is 9.79. The van der Waals surface area contributed by atoms with E-state index < -0.39 is 11.9 Å². The molecule has 0 spiro atoms. The number of halogens is 1. The summed E-state index contributed by atoms with van der Waals surface area (Å²) in [4.78, 5) is 27.1. The van der Waals surface area contributed by atoms with E-state index in [4.69, 9.17) is 14.2 Å². The number of hydrogen-bond donors (Lipinski definition) is 1. The molecule has 0 unspecified atom stereocenters. The maximum atomic E-state index is 13.8. The van der Waals surface area contributed by atoms with Crippen molar-refractivity contribution < 1.29 is 23.8 Å². The number of Topliss-reactive ketones (excluding diaryl/α,β-unsaturated/α-hetero) is 1. The van der Waals surface area contributed by atoms with E-state index in [0.29, 0.717) is 51.8 Å². The minimum atomic E-state index is -0.670. The molecule has 0 amide bonds. The lowest BCUT2D eigenvalue weighted by molar-refractivity contribution is -0.138. The fourth-order valence-electron chi connectivity index (χ4n) is 5.20. The lowest BCUT2D eigenvalue weighted by Gasteiger charge is -2.30. The first-order valence-corrected chi connectivity index (χ1v) is 14.1. The first kappa shape index (κ1) is 27.5. The van der Waals surface area contributed by atoms with Gasteiger partial charge in [-0.05, 0) is 67.1 Å². The molecule has 3 aromatic carbocycles. The van der Waals surface area contributed by atoms with Crippen molar-refractivity contribution in [3.63, 3.8) is 0 Å². The van der Waals surface area contributed by atoms with Gasteiger partial charge in [0.1, 0.15) is 6.61 Å². The molecule has 0 saturated heterocycles. The van der Waals surface area contributed by atoms with Crippen LogP contribution in [0, 0.1) is 14.9 Å². The van der Waals surface area contributed by atoms with Gasteiger partial charge in [0, 0.05) is 33.9 Å². The van der Waals surface area contributed by atoms with Gasteiger partial charge >= 0.3 is 5.97 Å². The van der Waals surface area contributed by atoms with Crippen molar-refractivity contribution in [3.8, 4) is 17.6 Å². The summed E-state index contributed by atoms with van der Waals surface area (Å²) in [5.41, 5.74) is 5.66. The maximum Gasteiger partial charge on any atom is 0.336 e. The minimum absolute atomic E-state index is 0.126. The van der Waals surface area contributed by atoms with Crippen molar-refractivity contribution in [2.75, 3.05) is 13.2 Å². The summed E-state index contributed by atoms with van der Waals surface area (Å²) in [6.45, 7) is 6.24. The van der Waals surface area contributed by atoms with Crippen LogP contribution in [0.1, 0.15) is 59.3 Å². The number of rotatable bonds is 8. The van der Waals surface area contributed by atoms with E-state index in [-0.39, 0.29) is 19.0 Å². The van der Waals surface area contributed by atoms with Crippen LogP contribution >= 0.6 is 22.6 Å². The Balaban J connectivity index is 1.62. The zero-order chi connectivity index (χ0) is 28.4. The van der Waals surface area contributed by atoms with Crippen LogP contribution in [0.3, 0.4) is 0 Å². The maximum absolute atomic E-state index is 13.8. The molecule has 0 fully saturated rings. The normalized spacial score (nSPS) is 15.7. The second-order valence-electron chi connectivity index (χ2n) is 9.30. The molecule has 0 aromatic heterocycles. The molecule has 0 bridgehead atoms. The molecule has 7 nitrogen and oxygen atoms in total. The van der Waals surface area contributed by atoms with Gasteiger partial charge in [-0.15, -0.1) is 0 Å². The molecule has 40 heavy (non-hydrogen) atoms. The van der Waals surface area contributed by atoms with E-state index in [0.717, 1.165) is 20.3 Å². The average molecular weight is 646 g/mol. The summed E-state index contributed by atoms with van der Waals surface area (Å²) in [6, 6.07) is 20.7. The Morgan fingerprint density at radius 2 is 1.75 bits per heavy atom. The van der Waals surface area contributed by atoms with Gasteiger partial charge in [-0.2, -0.15) is 5.26 Å². The van der Waals surface area contributed by atoms with Gasteiger partial charge in [0.15, 0.2) is 17.3 Å². The van der Waals surface area contributed by atoms with Gasteiger partial charge in [0.25, 0.3) is 0 Å². The number of carbonyl (C=O) groups excluding carboxylic acids is 2. The van der Waals surface area contributed by atoms with Gasteiger partial charge in [0.05, 0.1) is 39.7 Å². The number of benzene rings is 3. The second-order valence-corrected chi connectivity index (χ2v) is 10.5. The summed E-state index contributed by atoms with van der Waals surface area (Å²) in [5.74, 6) is -0.255. The number of nitrogens with one attached hydrogen (secondary N) is 1. The largest absolute Gasteiger partial charge is 0.490 e. The zero-order valence-electron chi connectivity index (χ0n) is 22.3. The van der Waals surface area contributed by atoms with Crippen molar-refractivity contribution in [1.82, 2.24) is 5.32 Å². The topological polar surface area (TPSA) is 97.6 Å². The molecule has 3 aromatic rings. The van der Waals surface area contributed by atoms with E-state index in [1.54, 1.807) is 19.1 Å². The molecule has 8 heteroatoms. The molecular weight excluding hydrogens is 619 g/mol. The van der Waals surface area contributed by atoms with Gasteiger partial charge in [-0.25, -0.2) is 4.79 Å². The van der Waals surface area contributed by atoms with Crippen molar-refractivity contribution in [2.45, 2.75) is 33.3 Å². The first-order valence-electron chi connectivity index (χ1n) is 13.0. The summed E-state index contributed by atoms with van der Waals surface area (Å²) >= 11 is 2.18. The molecule has 0 radical (unpaired) electrons. The Kier molecular flexibility index (Phi) is 7.94. The zero-order valence-corrected chi connectivity index (χ0v) is 24.5. The molecule has 202 valence electrons. The predicted octanol–water partition coefficient (Wildman–Crippen LogP) is 6.27. The summed E-state index contributed by atoms with van der Waals surface area (Å²) in [6.07, 6.45) is 0. The number of ketones is 1. The van der Waals surface area contributed by atoms with E-state index in [1.165, 1.54) is 0 Å². The number of fused-ring (bicyclic) bond motifs is 2. The molecule has 0 saturated carbocycles. The van der Waals surface area contributed by atoms with E-state index in [1.807, 2.05) is 62.4 Å². The smallest absolute Gasteiger partial charge is 0.336 e. The summed E-state index contributed by atoms with van der Waals surface area (Å²) in [5, 5.41) is 12.8. The molecular formula is C32H27IN2O5. The minimum Gasteiger partial charge on any atom is -0.490 e. The highest BCUT2D eigenvalue weighted by molar-refractivity contribution is 14.1. The first-order chi connectivity index (χ1) is 19.4. The van der Waals surface area contributed by atoms with Crippen LogP contribution in [0.25, 0.3) is 5.70 Å². The molecule has 1 aliphatic heterocycles. The highest BCUT2D eigenvalue weighted by atomic mass is 127. The number of ether oxygens (including phenoxy) is 3. The van der Waals surface area contributed by atoms with Crippen molar-refractivity contribution in [3.05, 3.63) is 109 Å². The molecule has 1 heterocycles. The van der Waals surface area contributed by atoms with Gasteiger partial charge in [-0.1, -0.05) is 42.5 Å². The Bertz CT molecular complexity index is 1630. The van der Waals surface area contributed by atoms with Crippen LogP contribution in [0.15, 0.2) is 77.5 Å². The molecule has 1 atom stereocenters. The number of nitrogens with zero attached hydrogens (tertiary/aromatic N) is 1. The van der Waals surface area contributed by atoms with Gasteiger partial charge in [-0.3, -0.25) is 4.79 Å². The van der Waals surface area contributed by atoms with E-state index in [2.05, 4.69) is 34.0 Å². The third-order valence-electron chi connectivity index (χ3n) is 6.92. The summed E-state index contributed by atoms with van der Waals surface area (Å²) < 4.78 is 18.4. The Morgan fingerprint density at radius 1 is 1.02 bits per heavy atom. The third-order valence-corrected chi connectivity index (χ3v) is 7.72. The lowest BCUT2D eigenvalue weighted by Crippen LogP contribution is -2.29. The number of esters is 1. The van der Waals surface area contributed by atoms with Crippen molar-refractivity contribution in [1.29, 1.82) is 5.26 Å². The monoisotopic (exact) mass is 646 g/mol. The number of carbonyl (C=O) groups is 2. The Morgan fingerprint density at radius 3 is 2.48 bits per heavy atom. The fourth-order valence-corrected chi connectivity index (χ4v) is 5.99. The van der Waals surface area contributed by atoms with Crippen LogP contribution in [-0.2, 0) is 16.1 Å². The number of dihydropyridines is 1. The Hall–Kier alpha value is -4.10. The fraction of sp³-hybridized carbons (Fsp3) is 0.219. The van der Waals surface area contributed by atoms with Crippen LogP contribution in [0.5, 0.6) is 11.5 Å². The highest BCUT2D eigenvalue weighted by Crippen LogP contribution is 2.49. The quantitative estimate of drug-likeness (QED) is 0.228. The van der Waals surface area contributed by atoms with Crippen LogP contribution < -0.4 is 14.8 Å². The number of hydrogen-bond acceptors (Lipinski definition) is 7. The third kappa shape index (κ3) is 4.86. The van der Waals surface area contributed by atoms with Crippen LogP contribution in [0.4, 0.5) is 0 Å². The molecule has 1 N–H and O–H groups in total. The highest BCUT2D eigenvalue weighted by Gasteiger charge is 2.43. The van der Waals surface area contributed by atoms with Gasteiger partial charge < -0.3 is 19.5 Å². The van der Waals surface area contributed by atoms with Crippen LogP contribution in [-0.4, -0.2) is 25.0 Å². The van der Waals surface area contributed by atoms with Crippen LogP contribution in [0.2, 0.25) is 0 Å². The molecule has 1 aliphatic carbocycles. The second kappa shape index (κ2) is 11.6. The van der Waals surface area contributed by atoms with E-state index >= 15 is 0 Å². The number of nitriles is 1. The predicted molar refractivity (Wildman–Crippen MR) is 159 cm³/mol. The summed E-state index contributed by atoms with van der Waals surface area (Å²) in [7, 11) is 0. The van der Waals surface area contributed by atoms with E-state index in [9.17, 15) is 14.9 Å². The van der Waals surface area contributed by atoms with Gasteiger partial charge in [0.2, 0.25) is 0 Å². The molecule has 2 aliphatic rings. The molecule has 5 rings (SSSR count). The van der Waals surface area contributed by atoms with Crippen molar-refractivity contribution in [2.24, 2.45) is 0 Å². The SMILES string of the molecule is CCOC(=O)C1=C(C)NC2=C(C(=O)c3ccccc32)[C@H]1c1cc(I)c(OCc2ccccc2C#N)c(OCC)c1. The average Bonchev–Trinajstić information content (AvgIpc) is 3.23. The number of allylic oxidation sites excluding steroid dienone is 2. The standard InChI is InChI=1S/C32H27IN2O5/c1-4-38-25-15-21(14-24(33)31(25)40-17-20-11-7-6-10-19(20)16-34)27-26(32(37)39-5-2)18(3)35-29-22-12-8-9-13-23(22)30(36)28(27)29/h6-15,27,35H,4-5,17H2,1-3H3/t27-/m0/s1.